The molecule has 25 heavy (non-hydrogen) atoms. The third-order valence-electron chi connectivity index (χ3n) is 4.74. The second-order valence-corrected chi connectivity index (χ2v) is 7.52. The molecule has 3 aromatic rings. The number of ether oxygens (including phenoxy) is 2. The van der Waals surface area contributed by atoms with E-state index in [-0.39, 0.29) is 0 Å². The molecule has 0 unspecified atom stereocenters. The van der Waals surface area contributed by atoms with Crippen molar-refractivity contribution in [2.45, 2.75) is 12.8 Å². The van der Waals surface area contributed by atoms with Gasteiger partial charge in [-0.15, -0.1) is 11.3 Å². The summed E-state index contributed by atoms with van der Waals surface area (Å²) in [5.74, 6) is 1.85. The lowest BCUT2D eigenvalue weighted by molar-refractivity contribution is 0.238. The standard InChI is InChI=1S/C21H23NO2S/c1-23-19-8-9-20-17(14-19)15-21(25-20)16-4-6-18(7-5-16)24-13-12-22-10-2-3-11-22/h4-9,14-15H,2-3,10-13H2,1H3. The number of benzene rings is 2. The molecule has 4 heteroatoms. The molecule has 0 atom stereocenters. The molecule has 4 rings (SSSR count). The molecule has 0 aliphatic carbocycles. The number of rotatable bonds is 6. The number of thiophene rings is 1. The Bertz CT molecular complexity index is 835. The number of likely N-dealkylation sites (tertiary alicyclic amines) is 1. The number of hydrogen-bond acceptors (Lipinski definition) is 4. The first-order valence-electron chi connectivity index (χ1n) is 8.85. The van der Waals surface area contributed by atoms with Gasteiger partial charge in [-0.05, 0) is 85.4 Å². The minimum atomic E-state index is 0.766. The molecule has 0 spiro atoms. The summed E-state index contributed by atoms with van der Waals surface area (Å²) in [6.45, 7) is 4.24. The number of nitrogens with zero attached hydrogens (tertiary/aromatic N) is 1. The molecule has 1 aromatic heterocycles. The third kappa shape index (κ3) is 3.80. The van der Waals surface area contributed by atoms with Crippen molar-refractivity contribution in [1.82, 2.24) is 4.90 Å². The van der Waals surface area contributed by atoms with Gasteiger partial charge in [-0.2, -0.15) is 0 Å². The third-order valence-corrected chi connectivity index (χ3v) is 5.90. The van der Waals surface area contributed by atoms with Crippen LogP contribution >= 0.6 is 11.3 Å². The monoisotopic (exact) mass is 353 g/mol. The molecule has 0 radical (unpaired) electrons. The van der Waals surface area contributed by atoms with E-state index in [0.717, 1.165) is 24.7 Å². The fraction of sp³-hybridized carbons (Fsp3) is 0.333. The van der Waals surface area contributed by atoms with Gasteiger partial charge in [0.05, 0.1) is 7.11 Å². The molecule has 1 aliphatic rings. The molecule has 1 fully saturated rings. The van der Waals surface area contributed by atoms with Crippen molar-refractivity contribution in [3.63, 3.8) is 0 Å². The summed E-state index contributed by atoms with van der Waals surface area (Å²) < 4.78 is 12.5. The molecule has 1 aliphatic heterocycles. The van der Waals surface area contributed by atoms with Crippen molar-refractivity contribution in [2.75, 3.05) is 33.4 Å². The van der Waals surface area contributed by atoms with E-state index in [1.165, 1.54) is 46.5 Å². The molecule has 2 heterocycles. The fourth-order valence-corrected chi connectivity index (χ4v) is 4.35. The Morgan fingerprint density at radius 1 is 0.960 bits per heavy atom. The lowest BCUT2D eigenvalue weighted by Gasteiger charge is -2.14. The van der Waals surface area contributed by atoms with Crippen LogP contribution in [-0.4, -0.2) is 38.3 Å². The van der Waals surface area contributed by atoms with Crippen LogP contribution in [-0.2, 0) is 0 Å². The van der Waals surface area contributed by atoms with Gasteiger partial charge in [0.2, 0.25) is 0 Å². The van der Waals surface area contributed by atoms with Crippen LogP contribution in [0.3, 0.4) is 0 Å². The van der Waals surface area contributed by atoms with E-state index in [2.05, 4.69) is 47.4 Å². The average Bonchev–Trinajstić information content (AvgIpc) is 3.31. The van der Waals surface area contributed by atoms with Gasteiger partial charge in [-0.3, -0.25) is 4.90 Å². The van der Waals surface area contributed by atoms with Crippen molar-refractivity contribution in [1.29, 1.82) is 0 Å². The van der Waals surface area contributed by atoms with Gasteiger partial charge in [-0.25, -0.2) is 0 Å². The molecule has 0 bridgehead atoms. The van der Waals surface area contributed by atoms with Gasteiger partial charge in [0.15, 0.2) is 0 Å². The Morgan fingerprint density at radius 3 is 2.48 bits per heavy atom. The normalized spacial score (nSPS) is 14.9. The Balaban J connectivity index is 1.42. The van der Waals surface area contributed by atoms with Gasteiger partial charge < -0.3 is 9.47 Å². The van der Waals surface area contributed by atoms with E-state index in [9.17, 15) is 0 Å². The zero-order valence-electron chi connectivity index (χ0n) is 14.5. The molecular formula is C21H23NO2S. The van der Waals surface area contributed by atoms with Crippen LogP contribution in [0.1, 0.15) is 12.8 Å². The predicted octanol–water partition coefficient (Wildman–Crippen LogP) is 5.05. The van der Waals surface area contributed by atoms with Crippen molar-refractivity contribution >= 4 is 21.4 Å². The summed E-state index contributed by atoms with van der Waals surface area (Å²) in [7, 11) is 1.71. The average molecular weight is 353 g/mol. The van der Waals surface area contributed by atoms with Crippen LogP contribution in [0.4, 0.5) is 0 Å². The van der Waals surface area contributed by atoms with Crippen LogP contribution in [0.25, 0.3) is 20.5 Å². The zero-order valence-corrected chi connectivity index (χ0v) is 15.3. The predicted molar refractivity (Wildman–Crippen MR) is 105 cm³/mol. The smallest absolute Gasteiger partial charge is 0.119 e. The topological polar surface area (TPSA) is 21.7 Å². The quantitative estimate of drug-likeness (QED) is 0.619. The van der Waals surface area contributed by atoms with Crippen molar-refractivity contribution in [3.8, 4) is 21.9 Å². The van der Waals surface area contributed by atoms with Gasteiger partial charge in [0.25, 0.3) is 0 Å². The highest BCUT2D eigenvalue weighted by atomic mass is 32.1. The Labute approximate surface area is 152 Å². The van der Waals surface area contributed by atoms with Crippen LogP contribution in [0.15, 0.2) is 48.5 Å². The molecular weight excluding hydrogens is 330 g/mol. The zero-order chi connectivity index (χ0) is 17.1. The Kier molecular flexibility index (Phi) is 4.90. The van der Waals surface area contributed by atoms with Gasteiger partial charge >= 0.3 is 0 Å². The maximum absolute atomic E-state index is 5.89. The maximum Gasteiger partial charge on any atom is 0.119 e. The summed E-state index contributed by atoms with van der Waals surface area (Å²) in [5.41, 5.74) is 1.23. The molecule has 0 N–H and O–H groups in total. The summed E-state index contributed by atoms with van der Waals surface area (Å²) in [6, 6.07) is 16.9. The molecule has 130 valence electrons. The summed E-state index contributed by atoms with van der Waals surface area (Å²) >= 11 is 1.81. The molecule has 1 saturated heterocycles. The Morgan fingerprint density at radius 2 is 1.72 bits per heavy atom. The van der Waals surface area contributed by atoms with Crippen LogP contribution in [0.5, 0.6) is 11.5 Å². The highest BCUT2D eigenvalue weighted by Crippen LogP contribution is 2.35. The van der Waals surface area contributed by atoms with Crippen LogP contribution in [0.2, 0.25) is 0 Å². The minimum absolute atomic E-state index is 0.766. The lowest BCUT2D eigenvalue weighted by Crippen LogP contribution is -2.25. The number of fused-ring (bicyclic) bond motifs is 1. The second-order valence-electron chi connectivity index (χ2n) is 6.44. The van der Waals surface area contributed by atoms with E-state index in [0.29, 0.717) is 0 Å². The summed E-state index contributed by atoms with van der Waals surface area (Å²) in [4.78, 5) is 3.74. The molecule has 0 saturated carbocycles. The molecule has 3 nitrogen and oxygen atoms in total. The fourth-order valence-electron chi connectivity index (χ4n) is 3.30. The van der Waals surface area contributed by atoms with E-state index in [4.69, 9.17) is 9.47 Å². The van der Waals surface area contributed by atoms with Gasteiger partial charge in [-0.1, -0.05) is 0 Å². The first-order chi connectivity index (χ1) is 12.3. The first kappa shape index (κ1) is 16.4. The first-order valence-corrected chi connectivity index (χ1v) is 9.67. The lowest BCUT2D eigenvalue weighted by atomic mass is 10.1. The van der Waals surface area contributed by atoms with E-state index >= 15 is 0 Å². The molecule has 0 amide bonds. The van der Waals surface area contributed by atoms with Gasteiger partial charge in [0.1, 0.15) is 18.1 Å². The van der Waals surface area contributed by atoms with E-state index in [1.54, 1.807) is 7.11 Å². The van der Waals surface area contributed by atoms with Crippen molar-refractivity contribution in [2.24, 2.45) is 0 Å². The number of hydrogen-bond donors (Lipinski definition) is 0. The van der Waals surface area contributed by atoms with E-state index < -0.39 is 0 Å². The van der Waals surface area contributed by atoms with Crippen LogP contribution in [0, 0.1) is 0 Å². The highest BCUT2D eigenvalue weighted by Gasteiger charge is 2.11. The van der Waals surface area contributed by atoms with E-state index in [1.807, 2.05) is 17.4 Å². The second kappa shape index (κ2) is 7.46. The number of methoxy groups -OCH3 is 1. The van der Waals surface area contributed by atoms with Crippen LogP contribution < -0.4 is 9.47 Å². The van der Waals surface area contributed by atoms with Crippen molar-refractivity contribution < 1.29 is 9.47 Å². The maximum atomic E-state index is 5.89. The minimum Gasteiger partial charge on any atom is -0.497 e. The van der Waals surface area contributed by atoms with Crippen molar-refractivity contribution in [3.05, 3.63) is 48.5 Å². The van der Waals surface area contributed by atoms with Gasteiger partial charge in [0, 0.05) is 16.1 Å². The largest absolute Gasteiger partial charge is 0.497 e. The summed E-state index contributed by atoms with van der Waals surface area (Å²) in [6.07, 6.45) is 2.66. The highest BCUT2D eigenvalue weighted by molar-refractivity contribution is 7.22. The summed E-state index contributed by atoms with van der Waals surface area (Å²) in [5, 5.41) is 1.23. The Hall–Kier alpha value is -2.04. The molecule has 2 aromatic carbocycles. The SMILES string of the molecule is COc1ccc2sc(-c3ccc(OCCN4CCCC4)cc3)cc2c1.